The van der Waals surface area contributed by atoms with Crippen LogP contribution in [0.15, 0.2) is 51.5 Å². The Kier molecular flexibility index (Phi) is 4.37. The van der Waals surface area contributed by atoms with Gasteiger partial charge in [0.15, 0.2) is 0 Å². The van der Waals surface area contributed by atoms with Gasteiger partial charge in [-0.25, -0.2) is 4.98 Å². The molecule has 1 unspecified atom stereocenters. The summed E-state index contributed by atoms with van der Waals surface area (Å²) in [5.74, 6) is 2.62. The molecule has 0 saturated carbocycles. The lowest BCUT2D eigenvalue weighted by atomic mass is 10.1. The van der Waals surface area contributed by atoms with E-state index in [1.165, 1.54) is 0 Å². The second kappa shape index (κ2) is 6.83. The fraction of sp³-hybridized carbons (Fsp3) is 0.333. The molecule has 2 aromatic heterocycles. The largest absolute Gasteiger partial charge is 0.469 e. The zero-order chi connectivity index (χ0) is 18.1. The number of hydrogen-bond donors (Lipinski definition) is 0. The van der Waals surface area contributed by atoms with Crippen molar-refractivity contribution in [1.82, 2.24) is 9.88 Å². The maximum Gasteiger partial charge on any atom is 0.228 e. The molecule has 1 amide bonds. The van der Waals surface area contributed by atoms with Crippen LogP contribution in [0.5, 0.6) is 0 Å². The van der Waals surface area contributed by atoms with Gasteiger partial charge in [0.25, 0.3) is 0 Å². The number of oxazole rings is 1. The predicted molar refractivity (Wildman–Crippen MR) is 97.8 cm³/mol. The monoisotopic (exact) mass is 350 g/mol. The van der Waals surface area contributed by atoms with Crippen LogP contribution in [0.2, 0.25) is 0 Å². The molecule has 0 N–H and O–H groups in total. The first kappa shape index (κ1) is 16.6. The van der Waals surface area contributed by atoms with Crippen LogP contribution in [0, 0.1) is 13.8 Å². The van der Waals surface area contributed by atoms with Crippen LogP contribution in [-0.2, 0) is 11.2 Å². The van der Waals surface area contributed by atoms with Gasteiger partial charge in [0.1, 0.15) is 11.5 Å². The van der Waals surface area contributed by atoms with Gasteiger partial charge in [-0.05, 0) is 44.0 Å². The van der Waals surface area contributed by atoms with Gasteiger partial charge in [0.05, 0.1) is 18.4 Å². The van der Waals surface area contributed by atoms with Crippen LogP contribution < -0.4 is 0 Å². The Balaban J connectivity index is 1.46. The third-order valence-electron chi connectivity index (χ3n) is 5.07. The molecule has 134 valence electrons. The van der Waals surface area contributed by atoms with Gasteiger partial charge in [-0.3, -0.25) is 4.79 Å². The van der Waals surface area contributed by atoms with E-state index in [0.29, 0.717) is 18.2 Å². The molecule has 1 aliphatic heterocycles. The fourth-order valence-electron chi connectivity index (χ4n) is 3.52. The van der Waals surface area contributed by atoms with E-state index in [4.69, 9.17) is 8.83 Å². The molecular weight excluding hydrogens is 328 g/mol. The average molecular weight is 350 g/mol. The lowest BCUT2D eigenvalue weighted by Gasteiger charge is -2.15. The van der Waals surface area contributed by atoms with Crippen LogP contribution in [0.3, 0.4) is 0 Å². The van der Waals surface area contributed by atoms with Crippen LogP contribution in [0.4, 0.5) is 0 Å². The van der Waals surface area contributed by atoms with Crippen molar-refractivity contribution in [3.63, 3.8) is 0 Å². The van der Waals surface area contributed by atoms with Crippen molar-refractivity contribution >= 4 is 5.91 Å². The van der Waals surface area contributed by atoms with Gasteiger partial charge in [0.2, 0.25) is 11.8 Å². The van der Waals surface area contributed by atoms with Gasteiger partial charge in [-0.1, -0.05) is 18.2 Å². The number of carbonyl (C=O) groups is 1. The molecule has 4 rings (SSSR count). The molecule has 5 nitrogen and oxygen atoms in total. The molecule has 3 aromatic rings. The third-order valence-corrected chi connectivity index (χ3v) is 5.07. The Morgan fingerprint density at radius 1 is 1.23 bits per heavy atom. The van der Waals surface area contributed by atoms with E-state index in [9.17, 15) is 4.79 Å². The maximum absolute atomic E-state index is 12.7. The average Bonchev–Trinajstić information content (AvgIpc) is 3.36. The summed E-state index contributed by atoms with van der Waals surface area (Å²) in [6.45, 7) is 5.35. The molecule has 5 heteroatoms. The van der Waals surface area contributed by atoms with Crippen molar-refractivity contribution in [3.05, 3.63) is 65.4 Å². The highest BCUT2D eigenvalue weighted by molar-refractivity contribution is 5.79. The number of nitrogens with zero attached hydrogens (tertiary/aromatic N) is 2. The van der Waals surface area contributed by atoms with Gasteiger partial charge in [-0.2, -0.15) is 0 Å². The lowest BCUT2D eigenvalue weighted by molar-refractivity contribution is -0.129. The molecule has 1 aliphatic rings. The van der Waals surface area contributed by atoms with Crippen molar-refractivity contribution in [2.75, 3.05) is 13.1 Å². The Morgan fingerprint density at radius 2 is 2.08 bits per heavy atom. The number of furan rings is 1. The summed E-state index contributed by atoms with van der Waals surface area (Å²) in [5.41, 5.74) is 2.79. The summed E-state index contributed by atoms with van der Waals surface area (Å²) in [6, 6.07) is 11.8. The molecule has 1 fully saturated rings. The Morgan fingerprint density at radius 3 is 2.85 bits per heavy atom. The smallest absolute Gasteiger partial charge is 0.228 e. The predicted octanol–water partition coefficient (Wildman–Crippen LogP) is 4.11. The Hall–Kier alpha value is -2.82. The number of likely N-dealkylation sites (tertiary alicyclic amines) is 1. The van der Waals surface area contributed by atoms with E-state index in [-0.39, 0.29) is 18.2 Å². The van der Waals surface area contributed by atoms with Gasteiger partial charge < -0.3 is 13.7 Å². The first-order valence-electron chi connectivity index (χ1n) is 8.95. The van der Waals surface area contributed by atoms with Crippen LogP contribution in [0.1, 0.15) is 35.1 Å². The van der Waals surface area contributed by atoms with E-state index in [1.807, 2.05) is 55.1 Å². The summed E-state index contributed by atoms with van der Waals surface area (Å²) < 4.78 is 11.3. The number of carbonyl (C=O) groups excluding carboxylic acids is 1. The van der Waals surface area contributed by atoms with Gasteiger partial charge in [0, 0.05) is 24.6 Å². The number of aryl methyl sites for hydroxylation is 2. The molecule has 0 aliphatic carbocycles. The van der Waals surface area contributed by atoms with E-state index in [0.717, 1.165) is 35.5 Å². The Bertz CT molecular complexity index is 911. The lowest BCUT2D eigenvalue weighted by Crippen LogP contribution is -2.30. The van der Waals surface area contributed by atoms with Crippen molar-refractivity contribution < 1.29 is 13.6 Å². The highest BCUT2D eigenvalue weighted by Crippen LogP contribution is 2.29. The summed E-state index contributed by atoms with van der Waals surface area (Å²) in [6.07, 6.45) is 2.89. The molecule has 0 bridgehead atoms. The second-order valence-electron chi connectivity index (χ2n) is 6.85. The van der Waals surface area contributed by atoms with Gasteiger partial charge in [-0.15, -0.1) is 0 Å². The second-order valence-corrected chi connectivity index (χ2v) is 6.85. The molecular formula is C21H22N2O3. The van der Waals surface area contributed by atoms with Crippen molar-refractivity contribution in [2.45, 2.75) is 32.6 Å². The zero-order valence-corrected chi connectivity index (χ0v) is 15.1. The highest BCUT2D eigenvalue weighted by atomic mass is 16.4. The molecule has 1 atom stereocenters. The van der Waals surface area contributed by atoms with E-state index in [1.54, 1.807) is 6.26 Å². The number of hydrogen-bond acceptors (Lipinski definition) is 4. The minimum absolute atomic E-state index is 0.0896. The van der Waals surface area contributed by atoms with E-state index >= 15 is 0 Å². The van der Waals surface area contributed by atoms with Crippen molar-refractivity contribution in [2.24, 2.45) is 0 Å². The van der Waals surface area contributed by atoms with Crippen molar-refractivity contribution in [1.29, 1.82) is 0 Å². The normalized spacial score (nSPS) is 17.0. The van der Waals surface area contributed by atoms with Crippen LogP contribution in [-0.4, -0.2) is 28.9 Å². The van der Waals surface area contributed by atoms with E-state index < -0.39 is 0 Å². The van der Waals surface area contributed by atoms with Crippen LogP contribution >= 0.6 is 0 Å². The zero-order valence-electron chi connectivity index (χ0n) is 15.1. The molecule has 3 heterocycles. The summed E-state index contributed by atoms with van der Waals surface area (Å²) in [4.78, 5) is 19.2. The number of amides is 1. The summed E-state index contributed by atoms with van der Waals surface area (Å²) >= 11 is 0. The highest BCUT2D eigenvalue weighted by Gasteiger charge is 2.29. The van der Waals surface area contributed by atoms with Gasteiger partial charge >= 0.3 is 0 Å². The SMILES string of the molecule is Cc1ccccc1-c1nc(CC(=O)N2CCC(c3ccco3)C2)c(C)o1. The molecule has 1 saturated heterocycles. The first-order chi connectivity index (χ1) is 12.6. The molecule has 26 heavy (non-hydrogen) atoms. The number of rotatable bonds is 4. The third kappa shape index (κ3) is 3.17. The Labute approximate surface area is 152 Å². The summed E-state index contributed by atoms with van der Waals surface area (Å²) in [7, 11) is 0. The fourth-order valence-corrected chi connectivity index (χ4v) is 3.52. The van der Waals surface area contributed by atoms with E-state index in [2.05, 4.69) is 4.98 Å². The summed E-state index contributed by atoms with van der Waals surface area (Å²) in [5, 5.41) is 0. The maximum atomic E-state index is 12.7. The van der Waals surface area contributed by atoms with Crippen molar-refractivity contribution in [3.8, 4) is 11.5 Å². The minimum Gasteiger partial charge on any atom is -0.469 e. The number of aromatic nitrogens is 1. The first-order valence-corrected chi connectivity index (χ1v) is 8.95. The minimum atomic E-state index is 0.0896. The van der Waals surface area contributed by atoms with Crippen LogP contribution in [0.25, 0.3) is 11.5 Å². The quantitative estimate of drug-likeness (QED) is 0.710. The molecule has 1 aromatic carbocycles. The topological polar surface area (TPSA) is 59.5 Å². The molecule has 0 radical (unpaired) electrons. The standard InChI is InChI=1S/C21H22N2O3/c1-14-6-3-4-7-17(14)21-22-18(15(2)26-21)12-20(24)23-10-9-16(13-23)19-8-5-11-25-19/h3-8,11,16H,9-10,12-13H2,1-2H3. The molecule has 0 spiro atoms. The number of benzene rings is 1.